The molecule has 1 aromatic heterocycles. The molecule has 1 heterocycles. The fraction of sp³-hybridized carbons (Fsp3) is 0.545. The molecule has 0 aliphatic rings. The summed E-state index contributed by atoms with van der Waals surface area (Å²) in [5.41, 5.74) is 0. The van der Waals surface area contributed by atoms with Crippen LogP contribution in [0.2, 0.25) is 44.3 Å². The van der Waals surface area contributed by atoms with Gasteiger partial charge in [-0.3, -0.25) is 3.64 Å². The predicted octanol–water partition coefficient (Wildman–Crippen LogP) is 5.13. The van der Waals surface area contributed by atoms with Crippen molar-refractivity contribution in [1.82, 2.24) is 8.62 Å². The second kappa shape index (κ2) is 6.00. The minimum atomic E-state index is -1.82. The van der Waals surface area contributed by atoms with Gasteiger partial charge in [0.25, 0.3) is 5.95 Å². The van der Waals surface area contributed by atoms with Gasteiger partial charge in [0.15, 0.2) is 5.82 Å². The lowest BCUT2D eigenvalue weighted by molar-refractivity contribution is 0.432. The van der Waals surface area contributed by atoms with Crippen LogP contribution in [0.1, 0.15) is 0 Å². The fourth-order valence-corrected chi connectivity index (χ4v) is 13.4. The van der Waals surface area contributed by atoms with E-state index in [0.717, 1.165) is 11.9 Å². The molecule has 0 aliphatic carbocycles. The third-order valence-electron chi connectivity index (χ3n) is 2.36. The third kappa shape index (κ3) is 4.00. The summed E-state index contributed by atoms with van der Waals surface area (Å²) in [5, 5.41) is -0.463. The zero-order chi connectivity index (χ0) is 15.9. The van der Waals surface area contributed by atoms with E-state index >= 15 is 0 Å². The average Bonchev–Trinajstić information content (AvgIpc) is 2.23. The van der Waals surface area contributed by atoms with Crippen LogP contribution in [0.15, 0.2) is 4.90 Å². The lowest BCUT2D eigenvalue weighted by Crippen LogP contribution is -2.54. The molecule has 0 radical (unpaired) electrons. The maximum atomic E-state index is 13.9. The standard InChI is InChI=1S/C11H18ClF3N2SSi2/c1-19(2,3)17(20(4,5)6)18-9-7(12)10(14)16-11(15)8(9)13/h1-6H3. The molecule has 20 heavy (non-hydrogen) atoms. The first-order valence-corrected chi connectivity index (χ1v) is 14.1. The summed E-state index contributed by atoms with van der Waals surface area (Å²) in [6.07, 6.45) is 0. The van der Waals surface area contributed by atoms with E-state index in [0.29, 0.717) is 0 Å². The Morgan fingerprint density at radius 2 is 1.40 bits per heavy atom. The Hall–Kier alpha value is -0.0262. The molecule has 2 nitrogen and oxygen atoms in total. The van der Waals surface area contributed by atoms with Crippen LogP contribution in [-0.2, 0) is 0 Å². The van der Waals surface area contributed by atoms with Crippen LogP contribution in [0.4, 0.5) is 13.2 Å². The molecular formula is C11H18ClF3N2SSi2. The molecule has 0 unspecified atom stereocenters. The number of aromatic nitrogens is 1. The van der Waals surface area contributed by atoms with Gasteiger partial charge in [0, 0.05) is 0 Å². The Morgan fingerprint density at radius 3 is 1.80 bits per heavy atom. The van der Waals surface area contributed by atoms with Gasteiger partial charge in [-0.05, 0) is 0 Å². The van der Waals surface area contributed by atoms with Gasteiger partial charge in [-0.25, -0.2) is 4.39 Å². The molecule has 0 amide bonds. The van der Waals surface area contributed by atoms with Gasteiger partial charge in [-0.2, -0.15) is 13.8 Å². The molecule has 0 aromatic carbocycles. The maximum absolute atomic E-state index is 13.9. The lowest BCUT2D eigenvalue weighted by atomic mass is 10.4. The lowest BCUT2D eigenvalue weighted by Gasteiger charge is -2.42. The van der Waals surface area contributed by atoms with Crippen molar-refractivity contribution in [3.05, 3.63) is 22.7 Å². The Balaban J connectivity index is 3.33. The average molecular weight is 359 g/mol. The predicted molar refractivity (Wildman–Crippen MR) is 83.5 cm³/mol. The van der Waals surface area contributed by atoms with Gasteiger partial charge in [-0.15, -0.1) is 0 Å². The zero-order valence-electron chi connectivity index (χ0n) is 12.3. The molecule has 0 bridgehead atoms. The van der Waals surface area contributed by atoms with Crippen molar-refractivity contribution in [2.45, 2.75) is 44.2 Å². The second-order valence-corrected chi connectivity index (χ2v) is 18.4. The maximum Gasteiger partial charge on any atom is 0.252 e. The highest BCUT2D eigenvalue weighted by Crippen LogP contribution is 2.39. The van der Waals surface area contributed by atoms with E-state index in [1.54, 1.807) is 0 Å². The summed E-state index contributed by atoms with van der Waals surface area (Å²) in [7, 11) is -3.64. The Bertz CT molecular complexity index is 478. The monoisotopic (exact) mass is 358 g/mol. The van der Waals surface area contributed by atoms with E-state index in [9.17, 15) is 13.2 Å². The van der Waals surface area contributed by atoms with E-state index in [2.05, 4.69) is 47.9 Å². The molecule has 0 atom stereocenters. The van der Waals surface area contributed by atoms with Gasteiger partial charge in [0.05, 0.1) is 4.90 Å². The van der Waals surface area contributed by atoms with Crippen molar-refractivity contribution < 1.29 is 13.2 Å². The number of halogens is 4. The first-order chi connectivity index (χ1) is 8.85. The van der Waals surface area contributed by atoms with E-state index in [-0.39, 0.29) is 4.90 Å². The summed E-state index contributed by atoms with van der Waals surface area (Å²) < 4.78 is 42.7. The summed E-state index contributed by atoms with van der Waals surface area (Å²) >= 11 is 6.77. The number of rotatable bonds is 4. The minimum absolute atomic E-state index is 0.221. The highest BCUT2D eigenvalue weighted by Gasteiger charge is 2.37. The number of hydrogen-bond donors (Lipinski definition) is 0. The van der Waals surface area contributed by atoms with Gasteiger partial charge in [0.1, 0.15) is 21.5 Å². The summed E-state index contributed by atoms with van der Waals surface area (Å²) in [4.78, 5) is 2.59. The molecule has 1 rings (SSSR count). The summed E-state index contributed by atoms with van der Waals surface area (Å²) in [6, 6.07) is 0. The number of nitrogens with zero attached hydrogens (tertiary/aromatic N) is 2. The number of hydrogen-bond acceptors (Lipinski definition) is 3. The van der Waals surface area contributed by atoms with Crippen molar-refractivity contribution in [3.8, 4) is 0 Å². The molecule has 114 valence electrons. The van der Waals surface area contributed by atoms with Crippen LogP contribution in [0.5, 0.6) is 0 Å². The van der Waals surface area contributed by atoms with Gasteiger partial charge in [0.2, 0.25) is 5.95 Å². The normalized spacial score (nSPS) is 13.2. The van der Waals surface area contributed by atoms with E-state index < -0.39 is 39.2 Å². The van der Waals surface area contributed by atoms with Crippen LogP contribution in [0.3, 0.4) is 0 Å². The first kappa shape index (κ1) is 18.0. The Kier molecular flexibility index (Phi) is 5.40. The summed E-state index contributed by atoms with van der Waals surface area (Å²) in [5.74, 6) is -3.83. The quantitative estimate of drug-likeness (QED) is 0.421. The third-order valence-corrected chi connectivity index (χ3v) is 13.9. The van der Waals surface area contributed by atoms with Gasteiger partial charge < -0.3 is 0 Å². The highest BCUT2D eigenvalue weighted by atomic mass is 35.5. The van der Waals surface area contributed by atoms with E-state index in [1.807, 2.05) is 0 Å². The highest BCUT2D eigenvalue weighted by molar-refractivity contribution is 7.99. The number of pyridine rings is 1. The molecule has 0 saturated carbocycles. The zero-order valence-corrected chi connectivity index (χ0v) is 15.9. The molecule has 0 aliphatic heterocycles. The minimum Gasteiger partial charge on any atom is -0.289 e. The van der Waals surface area contributed by atoms with Crippen molar-refractivity contribution in [1.29, 1.82) is 0 Å². The van der Waals surface area contributed by atoms with Crippen molar-refractivity contribution >= 4 is 40.0 Å². The van der Waals surface area contributed by atoms with E-state index in [1.165, 1.54) is 0 Å². The largest absolute Gasteiger partial charge is 0.289 e. The van der Waals surface area contributed by atoms with Crippen molar-refractivity contribution in [3.63, 3.8) is 0 Å². The molecule has 0 saturated heterocycles. The fourth-order valence-electron chi connectivity index (χ4n) is 1.92. The molecule has 1 aromatic rings. The molecule has 0 spiro atoms. The first-order valence-electron chi connectivity index (χ1n) is 6.04. The molecule has 0 fully saturated rings. The van der Waals surface area contributed by atoms with Crippen LogP contribution in [-0.4, -0.2) is 25.1 Å². The van der Waals surface area contributed by atoms with Crippen LogP contribution in [0.25, 0.3) is 0 Å². The second-order valence-electron chi connectivity index (χ2n) is 6.38. The summed E-state index contributed by atoms with van der Waals surface area (Å²) in [6.45, 7) is 12.6. The molecule has 0 N–H and O–H groups in total. The smallest absolute Gasteiger partial charge is 0.252 e. The van der Waals surface area contributed by atoms with Gasteiger partial charge in [-0.1, -0.05) is 62.8 Å². The molecular weight excluding hydrogens is 341 g/mol. The van der Waals surface area contributed by atoms with Crippen LogP contribution in [0, 0.1) is 17.7 Å². The van der Waals surface area contributed by atoms with Crippen LogP contribution < -0.4 is 0 Å². The van der Waals surface area contributed by atoms with Gasteiger partial charge >= 0.3 is 0 Å². The van der Waals surface area contributed by atoms with Crippen molar-refractivity contribution in [2.75, 3.05) is 0 Å². The topological polar surface area (TPSA) is 16.1 Å². The van der Waals surface area contributed by atoms with E-state index in [4.69, 9.17) is 11.6 Å². The Labute approximate surface area is 129 Å². The van der Waals surface area contributed by atoms with Crippen LogP contribution >= 0.6 is 23.5 Å². The molecule has 9 heteroatoms. The Morgan fingerprint density at radius 1 is 0.950 bits per heavy atom. The SMILES string of the molecule is C[Si](C)(C)N(Sc1c(F)c(F)nc(F)c1Cl)[Si](C)(C)C. The van der Waals surface area contributed by atoms with Crippen molar-refractivity contribution in [2.24, 2.45) is 0 Å².